The third kappa shape index (κ3) is 3.13. The van der Waals surface area contributed by atoms with Gasteiger partial charge in [-0.3, -0.25) is 19.4 Å². The van der Waals surface area contributed by atoms with Crippen LogP contribution in [0.15, 0.2) is 61.7 Å². The van der Waals surface area contributed by atoms with Crippen molar-refractivity contribution in [3.63, 3.8) is 0 Å². The smallest absolute Gasteiger partial charge is 0.324 e. The second-order valence-electron chi connectivity index (χ2n) is 9.93. The first-order valence-electron chi connectivity index (χ1n) is 11.8. The summed E-state index contributed by atoms with van der Waals surface area (Å²) in [4.78, 5) is 55.8. The molecule has 4 atom stereocenters. The van der Waals surface area contributed by atoms with E-state index in [0.717, 1.165) is 32.1 Å². The van der Waals surface area contributed by atoms with Crippen LogP contribution in [0.3, 0.4) is 0 Å². The van der Waals surface area contributed by atoms with E-state index in [2.05, 4.69) is 23.8 Å². The molecule has 0 radical (unpaired) electrons. The molecule has 184 valence electrons. The SMILES string of the molecule is C=Cc1ccc(CN2C(=O)NC3C4NC(=O)N(Cc5ccc(C=C)cc5)C(=O)C4(C)C3(C)C2=O)cc1. The number of nitrogens with one attached hydrogen (secondary N) is 2. The molecule has 1 saturated carbocycles. The van der Waals surface area contributed by atoms with Crippen molar-refractivity contribution in [3.05, 3.63) is 83.9 Å². The number of benzene rings is 2. The predicted octanol–water partition coefficient (Wildman–Crippen LogP) is 3.54. The number of hydrogen-bond donors (Lipinski definition) is 2. The first kappa shape index (κ1) is 23.5. The fourth-order valence-electron chi connectivity index (χ4n) is 5.72. The first-order valence-corrected chi connectivity index (χ1v) is 11.8. The molecule has 6 amide bonds. The van der Waals surface area contributed by atoms with E-state index in [4.69, 9.17) is 0 Å². The van der Waals surface area contributed by atoms with Gasteiger partial charge >= 0.3 is 12.1 Å². The Labute approximate surface area is 209 Å². The second kappa shape index (κ2) is 8.19. The lowest BCUT2D eigenvalue weighted by atomic mass is 9.42. The van der Waals surface area contributed by atoms with Crippen molar-refractivity contribution in [1.82, 2.24) is 20.4 Å². The maximum atomic E-state index is 13.8. The topological polar surface area (TPSA) is 98.8 Å². The number of rotatable bonds is 6. The number of hydrogen-bond acceptors (Lipinski definition) is 4. The van der Waals surface area contributed by atoms with Crippen LogP contribution in [0.2, 0.25) is 0 Å². The van der Waals surface area contributed by atoms with Gasteiger partial charge in [0.2, 0.25) is 11.8 Å². The van der Waals surface area contributed by atoms with Crippen LogP contribution in [0, 0.1) is 10.8 Å². The van der Waals surface area contributed by atoms with Gasteiger partial charge in [0.1, 0.15) is 0 Å². The number of carbonyl (C=O) groups excluding carboxylic acids is 4. The molecule has 3 aliphatic rings. The molecule has 2 saturated heterocycles. The van der Waals surface area contributed by atoms with Crippen LogP contribution >= 0.6 is 0 Å². The highest BCUT2D eigenvalue weighted by molar-refractivity contribution is 6.10. The minimum absolute atomic E-state index is 0.0745. The van der Waals surface area contributed by atoms with Gasteiger partial charge in [0.05, 0.1) is 36.0 Å². The van der Waals surface area contributed by atoms with Gasteiger partial charge in [-0.2, -0.15) is 0 Å². The minimum atomic E-state index is -1.22. The third-order valence-electron chi connectivity index (χ3n) is 8.20. The molecule has 8 heteroatoms. The summed E-state index contributed by atoms with van der Waals surface area (Å²) < 4.78 is 0. The van der Waals surface area contributed by atoms with Crippen LogP contribution in [0.5, 0.6) is 0 Å². The highest BCUT2D eigenvalue weighted by Gasteiger charge is 2.79. The number of fused-ring (bicyclic) bond motifs is 4. The van der Waals surface area contributed by atoms with Crippen molar-refractivity contribution >= 4 is 36.0 Å². The Hall–Kier alpha value is -4.20. The molecule has 2 aromatic rings. The van der Waals surface area contributed by atoms with Crippen molar-refractivity contribution in [2.75, 3.05) is 0 Å². The first-order chi connectivity index (χ1) is 17.1. The quantitative estimate of drug-likeness (QED) is 0.655. The van der Waals surface area contributed by atoms with E-state index < -0.39 is 46.8 Å². The molecule has 2 heterocycles. The van der Waals surface area contributed by atoms with Gasteiger partial charge < -0.3 is 10.6 Å². The normalized spacial score (nSPS) is 28.9. The molecule has 0 spiro atoms. The summed E-state index contributed by atoms with van der Waals surface area (Å²) in [6.45, 7) is 11.0. The highest BCUT2D eigenvalue weighted by atomic mass is 16.2. The highest BCUT2D eigenvalue weighted by Crippen LogP contribution is 2.61. The number of carbonyl (C=O) groups is 4. The van der Waals surface area contributed by atoms with Gasteiger partial charge in [0.15, 0.2) is 0 Å². The molecule has 0 aromatic heterocycles. The Morgan fingerprint density at radius 2 is 1.03 bits per heavy atom. The molecule has 0 bridgehead atoms. The van der Waals surface area contributed by atoms with Crippen LogP contribution in [-0.2, 0) is 22.7 Å². The zero-order valence-corrected chi connectivity index (χ0v) is 20.3. The summed E-state index contributed by atoms with van der Waals surface area (Å²) in [5.41, 5.74) is 0.972. The lowest BCUT2D eigenvalue weighted by molar-refractivity contribution is -0.198. The summed E-state index contributed by atoms with van der Waals surface area (Å²) >= 11 is 0. The molecule has 8 nitrogen and oxygen atoms in total. The zero-order valence-electron chi connectivity index (χ0n) is 20.3. The Bertz CT molecular complexity index is 1200. The minimum Gasteiger partial charge on any atom is -0.332 e. The van der Waals surface area contributed by atoms with Crippen molar-refractivity contribution in [2.24, 2.45) is 10.8 Å². The Balaban J connectivity index is 1.42. The molecule has 2 aromatic carbocycles. The van der Waals surface area contributed by atoms with E-state index in [1.165, 1.54) is 0 Å². The Morgan fingerprint density at radius 3 is 1.33 bits per heavy atom. The van der Waals surface area contributed by atoms with E-state index in [1.807, 2.05) is 48.5 Å². The molecule has 4 unspecified atom stereocenters. The second-order valence-corrected chi connectivity index (χ2v) is 9.93. The van der Waals surface area contributed by atoms with Crippen LogP contribution in [0.1, 0.15) is 36.1 Å². The third-order valence-corrected chi connectivity index (χ3v) is 8.20. The van der Waals surface area contributed by atoms with Gasteiger partial charge in [-0.25, -0.2) is 9.59 Å². The van der Waals surface area contributed by atoms with E-state index in [1.54, 1.807) is 26.0 Å². The number of urea groups is 2. The lowest BCUT2D eigenvalue weighted by Crippen LogP contribution is -2.90. The monoisotopic (exact) mass is 484 g/mol. The molecule has 2 N–H and O–H groups in total. The van der Waals surface area contributed by atoms with Crippen molar-refractivity contribution in [3.8, 4) is 0 Å². The van der Waals surface area contributed by atoms with Crippen LogP contribution in [0.4, 0.5) is 9.59 Å². The van der Waals surface area contributed by atoms with E-state index in [9.17, 15) is 19.2 Å². The average Bonchev–Trinajstić information content (AvgIpc) is 2.89. The molecule has 1 aliphatic carbocycles. The molecule has 3 fully saturated rings. The zero-order chi connectivity index (χ0) is 25.8. The van der Waals surface area contributed by atoms with Crippen molar-refractivity contribution in [2.45, 2.75) is 39.0 Å². The molecule has 2 aliphatic heterocycles. The number of imide groups is 2. The van der Waals surface area contributed by atoms with E-state index in [-0.39, 0.29) is 13.1 Å². The fraction of sp³-hybridized carbons (Fsp3) is 0.286. The summed E-state index contributed by atoms with van der Waals surface area (Å²) in [5, 5.41) is 5.75. The van der Waals surface area contributed by atoms with Crippen molar-refractivity contribution < 1.29 is 19.2 Å². The van der Waals surface area contributed by atoms with Crippen LogP contribution in [-0.4, -0.2) is 45.8 Å². The van der Waals surface area contributed by atoms with Gasteiger partial charge in [-0.1, -0.05) is 73.8 Å². The van der Waals surface area contributed by atoms with Crippen LogP contribution in [0.25, 0.3) is 12.2 Å². The van der Waals surface area contributed by atoms with Gasteiger partial charge in [0.25, 0.3) is 0 Å². The van der Waals surface area contributed by atoms with Crippen molar-refractivity contribution in [1.29, 1.82) is 0 Å². The number of amides is 6. The average molecular weight is 485 g/mol. The van der Waals surface area contributed by atoms with Gasteiger partial charge in [0, 0.05) is 0 Å². The van der Waals surface area contributed by atoms with E-state index >= 15 is 0 Å². The summed E-state index contributed by atoms with van der Waals surface area (Å²) in [6.07, 6.45) is 3.43. The standard InChI is InChI=1S/C28H28N4O4/c1-5-17-7-11-19(12-8-17)15-31-23(33)27(3)21(29-25(31)35)22-28(27,4)24(34)32(26(36)30-22)16-20-13-9-18(6-2)10-14-20/h5-14,21-22H,1-2,15-16H2,3-4H3,(H,29,35)(H,30,36). The number of nitrogens with zero attached hydrogens (tertiary/aromatic N) is 2. The molecule has 36 heavy (non-hydrogen) atoms. The van der Waals surface area contributed by atoms with Crippen LogP contribution < -0.4 is 10.6 Å². The summed E-state index contributed by atoms with van der Waals surface area (Å²) in [5.74, 6) is -0.856. The lowest BCUT2D eigenvalue weighted by Gasteiger charge is -2.68. The predicted molar refractivity (Wildman–Crippen MR) is 135 cm³/mol. The molecular formula is C28H28N4O4. The molecular weight excluding hydrogens is 456 g/mol. The molecule has 5 rings (SSSR count). The summed E-state index contributed by atoms with van der Waals surface area (Å²) in [7, 11) is 0. The van der Waals surface area contributed by atoms with Gasteiger partial charge in [-0.15, -0.1) is 0 Å². The Kier molecular flexibility index (Phi) is 5.35. The van der Waals surface area contributed by atoms with Gasteiger partial charge in [-0.05, 0) is 36.1 Å². The fourth-order valence-corrected chi connectivity index (χ4v) is 5.72. The maximum Gasteiger partial charge on any atom is 0.324 e. The Morgan fingerprint density at radius 1 is 0.694 bits per heavy atom. The van der Waals surface area contributed by atoms with E-state index in [0.29, 0.717) is 0 Å². The maximum absolute atomic E-state index is 13.8. The summed E-state index contributed by atoms with van der Waals surface area (Å²) in [6, 6.07) is 12.4. The largest absolute Gasteiger partial charge is 0.332 e.